The highest BCUT2D eigenvalue weighted by Gasteiger charge is 1.99. The first-order valence-corrected chi connectivity index (χ1v) is 7.28. The number of nitrogens with one attached hydrogen (secondary N) is 1. The van der Waals surface area contributed by atoms with E-state index in [0.29, 0.717) is 0 Å². The highest BCUT2D eigenvalue weighted by atomic mass is 32.1. The number of para-hydroxylation sites is 1. The van der Waals surface area contributed by atoms with E-state index in [4.69, 9.17) is 4.74 Å². The maximum Gasteiger partial charge on any atom is 0.129 e. The third-order valence-corrected chi connectivity index (χ3v) is 3.41. The topological polar surface area (TPSA) is 34.1 Å². The quantitative estimate of drug-likeness (QED) is 0.745. The predicted octanol–water partition coefficient (Wildman–Crippen LogP) is 4.55. The number of hydrogen-bond donors (Lipinski definition) is 1. The van der Waals surface area contributed by atoms with Crippen LogP contribution in [0.5, 0.6) is 11.5 Å². The number of thiazole rings is 1. The molecule has 3 nitrogen and oxygen atoms in total. The molecule has 0 fully saturated rings. The Labute approximate surface area is 121 Å². The van der Waals surface area contributed by atoms with Gasteiger partial charge in [0.05, 0.1) is 17.7 Å². The molecule has 4 heteroatoms. The molecule has 3 rings (SSSR count). The minimum absolute atomic E-state index is 0.721. The van der Waals surface area contributed by atoms with E-state index in [2.05, 4.69) is 10.3 Å². The third-order valence-electron chi connectivity index (χ3n) is 2.77. The smallest absolute Gasteiger partial charge is 0.129 e. The number of rotatable bonds is 5. The van der Waals surface area contributed by atoms with Gasteiger partial charge >= 0.3 is 0 Å². The van der Waals surface area contributed by atoms with Crippen LogP contribution in [0.2, 0.25) is 0 Å². The molecule has 0 spiro atoms. The molecule has 1 heterocycles. The van der Waals surface area contributed by atoms with Gasteiger partial charge in [-0.05, 0) is 24.3 Å². The number of nitrogens with zero attached hydrogens (tertiary/aromatic N) is 1. The highest BCUT2D eigenvalue weighted by Crippen LogP contribution is 2.24. The summed E-state index contributed by atoms with van der Waals surface area (Å²) in [6.45, 7) is 0.721. The number of benzene rings is 2. The van der Waals surface area contributed by atoms with Gasteiger partial charge in [0.25, 0.3) is 0 Å². The van der Waals surface area contributed by atoms with Gasteiger partial charge in [0.2, 0.25) is 0 Å². The SMILES string of the molecule is c1ccc(Oc2cccc(NCc3cscn3)c2)cc1. The summed E-state index contributed by atoms with van der Waals surface area (Å²) < 4.78 is 5.80. The Hall–Kier alpha value is -2.33. The first kappa shape index (κ1) is 12.7. The van der Waals surface area contributed by atoms with E-state index in [1.807, 2.05) is 65.5 Å². The molecule has 0 aliphatic rings. The van der Waals surface area contributed by atoms with Crippen molar-refractivity contribution in [3.05, 3.63) is 71.2 Å². The number of anilines is 1. The first-order valence-electron chi connectivity index (χ1n) is 6.34. The van der Waals surface area contributed by atoms with Gasteiger partial charge in [0.15, 0.2) is 0 Å². The van der Waals surface area contributed by atoms with Gasteiger partial charge in [-0.2, -0.15) is 0 Å². The van der Waals surface area contributed by atoms with E-state index < -0.39 is 0 Å². The summed E-state index contributed by atoms with van der Waals surface area (Å²) in [6, 6.07) is 17.7. The Bertz CT molecular complexity index is 653. The molecule has 0 amide bonds. The average molecular weight is 282 g/mol. The normalized spacial score (nSPS) is 10.2. The molecule has 0 radical (unpaired) electrons. The summed E-state index contributed by atoms with van der Waals surface area (Å²) >= 11 is 1.60. The third kappa shape index (κ3) is 3.36. The van der Waals surface area contributed by atoms with Crippen LogP contribution >= 0.6 is 11.3 Å². The predicted molar refractivity (Wildman–Crippen MR) is 82.4 cm³/mol. The number of hydrogen-bond acceptors (Lipinski definition) is 4. The summed E-state index contributed by atoms with van der Waals surface area (Å²) in [4.78, 5) is 4.25. The van der Waals surface area contributed by atoms with Gasteiger partial charge in [0, 0.05) is 17.1 Å². The van der Waals surface area contributed by atoms with Crippen LogP contribution in [-0.2, 0) is 6.54 Å². The van der Waals surface area contributed by atoms with Crippen molar-refractivity contribution in [3.63, 3.8) is 0 Å². The lowest BCUT2D eigenvalue weighted by molar-refractivity contribution is 0.483. The summed E-state index contributed by atoms with van der Waals surface area (Å²) in [6.07, 6.45) is 0. The van der Waals surface area contributed by atoms with E-state index in [1.165, 1.54) is 0 Å². The Balaban J connectivity index is 1.66. The number of aromatic nitrogens is 1. The van der Waals surface area contributed by atoms with Crippen LogP contribution in [0.1, 0.15) is 5.69 Å². The van der Waals surface area contributed by atoms with Crippen molar-refractivity contribution < 1.29 is 4.74 Å². The van der Waals surface area contributed by atoms with Gasteiger partial charge in [-0.1, -0.05) is 24.3 Å². The summed E-state index contributed by atoms with van der Waals surface area (Å²) in [5, 5.41) is 5.38. The van der Waals surface area contributed by atoms with Crippen LogP contribution in [0.25, 0.3) is 0 Å². The van der Waals surface area contributed by atoms with Crippen molar-refractivity contribution >= 4 is 17.0 Å². The molecule has 100 valence electrons. The zero-order valence-electron chi connectivity index (χ0n) is 10.8. The largest absolute Gasteiger partial charge is 0.457 e. The molecular weight excluding hydrogens is 268 g/mol. The molecule has 0 aliphatic carbocycles. The highest BCUT2D eigenvalue weighted by molar-refractivity contribution is 7.07. The number of ether oxygens (including phenoxy) is 1. The van der Waals surface area contributed by atoms with Crippen LogP contribution < -0.4 is 10.1 Å². The molecule has 2 aromatic carbocycles. The fraction of sp³-hybridized carbons (Fsp3) is 0.0625. The van der Waals surface area contributed by atoms with Crippen LogP contribution in [0.4, 0.5) is 5.69 Å². The maximum absolute atomic E-state index is 5.80. The molecule has 0 saturated carbocycles. The van der Waals surface area contributed by atoms with Gasteiger partial charge in [-0.15, -0.1) is 11.3 Å². The Morgan fingerprint density at radius 1 is 1.00 bits per heavy atom. The fourth-order valence-corrected chi connectivity index (χ4v) is 2.37. The molecule has 0 saturated heterocycles. The first-order chi connectivity index (χ1) is 9.90. The lowest BCUT2D eigenvalue weighted by atomic mass is 10.3. The minimum atomic E-state index is 0.721. The van der Waals surface area contributed by atoms with Crippen LogP contribution in [0.3, 0.4) is 0 Å². The summed E-state index contributed by atoms with van der Waals surface area (Å²) in [5.41, 5.74) is 3.90. The molecule has 0 atom stereocenters. The molecular formula is C16H14N2OS. The van der Waals surface area contributed by atoms with Gasteiger partial charge in [-0.3, -0.25) is 0 Å². The molecule has 3 aromatic rings. The standard InChI is InChI=1S/C16H14N2OS/c1-2-6-15(7-3-1)19-16-8-4-5-13(9-16)17-10-14-11-20-12-18-14/h1-9,11-12,17H,10H2. The Morgan fingerprint density at radius 3 is 2.65 bits per heavy atom. The van der Waals surface area contributed by atoms with Crippen molar-refractivity contribution in [3.8, 4) is 11.5 Å². The maximum atomic E-state index is 5.80. The van der Waals surface area contributed by atoms with E-state index in [1.54, 1.807) is 11.3 Å². The minimum Gasteiger partial charge on any atom is -0.457 e. The van der Waals surface area contributed by atoms with Crippen molar-refractivity contribution in [2.45, 2.75) is 6.54 Å². The Kier molecular flexibility index (Phi) is 3.94. The second kappa shape index (κ2) is 6.21. The molecule has 1 aromatic heterocycles. The van der Waals surface area contributed by atoms with Crippen LogP contribution in [0.15, 0.2) is 65.5 Å². The van der Waals surface area contributed by atoms with Crippen LogP contribution in [0, 0.1) is 0 Å². The van der Waals surface area contributed by atoms with Crippen molar-refractivity contribution in [1.82, 2.24) is 4.98 Å². The monoisotopic (exact) mass is 282 g/mol. The van der Waals surface area contributed by atoms with Crippen molar-refractivity contribution in [2.75, 3.05) is 5.32 Å². The molecule has 20 heavy (non-hydrogen) atoms. The second-order valence-electron chi connectivity index (χ2n) is 4.28. The summed E-state index contributed by atoms with van der Waals surface area (Å²) in [7, 11) is 0. The van der Waals surface area contributed by atoms with Gasteiger partial charge in [0.1, 0.15) is 11.5 Å². The lowest BCUT2D eigenvalue weighted by Crippen LogP contribution is -1.99. The average Bonchev–Trinajstić information content (AvgIpc) is 3.00. The fourth-order valence-electron chi connectivity index (χ4n) is 1.81. The second-order valence-corrected chi connectivity index (χ2v) is 4.99. The van der Waals surface area contributed by atoms with Crippen LogP contribution in [-0.4, -0.2) is 4.98 Å². The van der Waals surface area contributed by atoms with Gasteiger partial charge < -0.3 is 10.1 Å². The van der Waals surface area contributed by atoms with E-state index >= 15 is 0 Å². The molecule has 1 N–H and O–H groups in total. The Morgan fingerprint density at radius 2 is 1.85 bits per heavy atom. The van der Waals surface area contributed by atoms with Crippen molar-refractivity contribution in [2.24, 2.45) is 0 Å². The van der Waals surface area contributed by atoms with E-state index in [-0.39, 0.29) is 0 Å². The zero-order chi connectivity index (χ0) is 13.6. The van der Waals surface area contributed by atoms with E-state index in [9.17, 15) is 0 Å². The molecule has 0 bridgehead atoms. The van der Waals surface area contributed by atoms with Gasteiger partial charge in [-0.25, -0.2) is 4.98 Å². The lowest BCUT2D eigenvalue weighted by Gasteiger charge is -2.08. The zero-order valence-corrected chi connectivity index (χ0v) is 11.6. The van der Waals surface area contributed by atoms with Crippen molar-refractivity contribution in [1.29, 1.82) is 0 Å². The molecule has 0 unspecified atom stereocenters. The molecule has 0 aliphatic heterocycles. The summed E-state index contributed by atoms with van der Waals surface area (Å²) in [5.74, 6) is 1.66. The van der Waals surface area contributed by atoms with E-state index in [0.717, 1.165) is 29.4 Å².